The normalized spacial score (nSPS) is 17.5. The first kappa shape index (κ1) is 18.8. The first-order valence-corrected chi connectivity index (χ1v) is 9.83. The van der Waals surface area contributed by atoms with E-state index in [1.54, 1.807) is 6.20 Å². The zero-order valence-electron chi connectivity index (χ0n) is 16.2. The molecule has 5 rings (SSSR count). The third kappa shape index (κ3) is 3.69. The van der Waals surface area contributed by atoms with Gasteiger partial charge >= 0.3 is 0 Å². The number of aromatic nitrogens is 3. The summed E-state index contributed by atoms with van der Waals surface area (Å²) in [5.41, 5.74) is 2.88. The Kier molecular flexibility index (Phi) is 4.98. The Labute approximate surface area is 172 Å². The molecule has 3 heterocycles. The number of para-hydroxylation sites is 1. The van der Waals surface area contributed by atoms with Gasteiger partial charge in [-0.05, 0) is 29.8 Å². The summed E-state index contributed by atoms with van der Waals surface area (Å²) in [7, 11) is 0. The predicted octanol–water partition coefficient (Wildman–Crippen LogP) is 4.48. The molecule has 0 amide bonds. The Bertz CT molecular complexity index is 1190. The first-order chi connectivity index (χ1) is 14.7. The van der Waals surface area contributed by atoms with Crippen molar-refractivity contribution in [3.05, 3.63) is 83.9 Å². The molecular weight excluding hydrogens is 386 g/mol. The fraction of sp³-hybridized carbons (Fsp3) is 0.217. The van der Waals surface area contributed by atoms with E-state index in [1.807, 2.05) is 24.4 Å². The molecule has 2 aromatic carbocycles. The Morgan fingerprint density at radius 1 is 1.07 bits per heavy atom. The van der Waals surface area contributed by atoms with Crippen LogP contribution >= 0.6 is 0 Å². The van der Waals surface area contributed by atoms with Gasteiger partial charge < -0.3 is 9.72 Å². The van der Waals surface area contributed by atoms with Crippen LogP contribution in [-0.4, -0.2) is 39.6 Å². The van der Waals surface area contributed by atoms with Gasteiger partial charge in [0.1, 0.15) is 17.5 Å². The van der Waals surface area contributed by atoms with Crippen LogP contribution in [0.1, 0.15) is 17.4 Å². The molecule has 1 atom stereocenters. The van der Waals surface area contributed by atoms with Crippen molar-refractivity contribution in [2.24, 2.45) is 0 Å². The largest absolute Gasteiger partial charge is 0.378 e. The summed E-state index contributed by atoms with van der Waals surface area (Å²) in [6, 6.07) is 13.6. The predicted molar refractivity (Wildman–Crippen MR) is 110 cm³/mol. The van der Waals surface area contributed by atoms with Crippen LogP contribution in [0.2, 0.25) is 0 Å². The Morgan fingerprint density at radius 2 is 1.97 bits per heavy atom. The minimum atomic E-state index is -0.621. The Morgan fingerprint density at radius 3 is 2.87 bits per heavy atom. The highest BCUT2D eigenvalue weighted by Crippen LogP contribution is 2.28. The van der Waals surface area contributed by atoms with Gasteiger partial charge in [0.25, 0.3) is 0 Å². The molecule has 152 valence electrons. The number of halogens is 2. The zero-order valence-corrected chi connectivity index (χ0v) is 16.2. The van der Waals surface area contributed by atoms with Crippen LogP contribution in [0.15, 0.2) is 60.9 Å². The third-order valence-electron chi connectivity index (χ3n) is 5.40. The molecule has 0 saturated carbocycles. The third-order valence-corrected chi connectivity index (χ3v) is 5.40. The molecule has 0 unspecified atom stereocenters. The number of imidazole rings is 1. The minimum Gasteiger partial charge on any atom is -0.378 e. The standard InChI is InChI=1S/C23H20F2N4O/c24-17-5-6-18(19(25)10-17)21-12-27-23(28-21)22-14-30-8-7-29(22)13-15-9-16-3-1-2-4-20(16)26-11-15/h1-6,9-12,22H,7-8,13-14H2,(H,27,28)/t22-/m0/s1. The molecule has 0 bridgehead atoms. The van der Waals surface area contributed by atoms with Gasteiger partial charge in [-0.15, -0.1) is 0 Å². The summed E-state index contributed by atoms with van der Waals surface area (Å²) >= 11 is 0. The monoisotopic (exact) mass is 406 g/mol. The summed E-state index contributed by atoms with van der Waals surface area (Å²) in [6.45, 7) is 2.57. The molecule has 1 aliphatic rings. The molecular formula is C23H20F2N4O. The molecule has 1 saturated heterocycles. The van der Waals surface area contributed by atoms with Gasteiger partial charge in [-0.25, -0.2) is 13.8 Å². The number of rotatable bonds is 4. The maximum absolute atomic E-state index is 14.1. The van der Waals surface area contributed by atoms with Crippen molar-refractivity contribution in [3.63, 3.8) is 0 Å². The topological polar surface area (TPSA) is 54.0 Å². The SMILES string of the molecule is Fc1ccc(-c2cnc([C@@H]3COCCN3Cc3cnc4ccccc4c3)[nH]2)c(F)c1. The van der Waals surface area contributed by atoms with Crippen LogP contribution < -0.4 is 0 Å². The smallest absolute Gasteiger partial charge is 0.135 e. The molecule has 7 heteroatoms. The lowest BCUT2D eigenvalue weighted by Crippen LogP contribution is -2.39. The minimum absolute atomic E-state index is 0.0949. The van der Waals surface area contributed by atoms with Crippen molar-refractivity contribution in [2.75, 3.05) is 19.8 Å². The lowest BCUT2D eigenvalue weighted by Gasteiger charge is -2.34. The highest BCUT2D eigenvalue weighted by Gasteiger charge is 2.27. The maximum atomic E-state index is 14.1. The fourth-order valence-corrected chi connectivity index (χ4v) is 3.87. The average molecular weight is 406 g/mol. The Hall–Kier alpha value is -3.16. The van der Waals surface area contributed by atoms with Crippen molar-refractivity contribution >= 4 is 10.9 Å². The molecule has 1 aliphatic heterocycles. The number of nitrogens with one attached hydrogen (secondary N) is 1. The van der Waals surface area contributed by atoms with E-state index in [9.17, 15) is 8.78 Å². The van der Waals surface area contributed by atoms with Gasteiger partial charge in [-0.1, -0.05) is 18.2 Å². The molecule has 2 aromatic heterocycles. The van der Waals surface area contributed by atoms with Gasteiger partial charge in [0, 0.05) is 36.3 Å². The highest BCUT2D eigenvalue weighted by molar-refractivity contribution is 5.78. The summed E-state index contributed by atoms with van der Waals surface area (Å²) in [5.74, 6) is -0.529. The molecule has 0 spiro atoms. The van der Waals surface area contributed by atoms with Crippen molar-refractivity contribution in [2.45, 2.75) is 12.6 Å². The van der Waals surface area contributed by atoms with E-state index in [1.165, 1.54) is 12.1 Å². The first-order valence-electron chi connectivity index (χ1n) is 9.83. The number of aromatic amines is 1. The van der Waals surface area contributed by atoms with E-state index in [0.29, 0.717) is 31.3 Å². The van der Waals surface area contributed by atoms with Gasteiger partial charge in [0.05, 0.1) is 36.7 Å². The number of benzene rings is 2. The average Bonchev–Trinajstić information content (AvgIpc) is 3.24. The van der Waals surface area contributed by atoms with Crippen LogP contribution in [0, 0.1) is 11.6 Å². The second kappa shape index (κ2) is 7.93. The van der Waals surface area contributed by atoms with Gasteiger partial charge in [0.2, 0.25) is 0 Å². The number of fused-ring (bicyclic) bond motifs is 1. The molecule has 0 radical (unpaired) electrons. The summed E-state index contributed by atoms with van der Waals surface area (Å²) in [6.07, 6.45) is 3.48. The number of nitrogens with zero attached hydrogens (tertiary/aromatic N) is 3. The second-order valence-corrected chi connectivity index (χ2v) is 7.40. The van der Waals surface area contributed by atoms with E-state index in [4.69, 9.17) is 4.74 Å². The van der Waals surface area contributed by atoms with E-state index >= 15 is 0 Å². The number of ether oxygens (including phenoxy) is 1. The number of hydrogen-bond donors (Lipinski definition) is 1. The molecule has 1 fully saturated rings. The van der Waals surface area contributed by atoms with E-state index in [2.05, 4.69) is 32.0 Å². The lowest BCUT2D eigenvalue weighted by molar-refractivity contribution is -0.0156. The molecule has 30 heavy (non-hydrogen) atoms. The summed E-state index contributed by atoms with van der Waals surface area (Å²) in [5, 5.41) is 1.10. The molecule has 5 nitrogen and oxygen atoms in total. The number of H-pyrrole nitrogens is 1. The van der Waals surface area contributed by atoms with Gasteiger partial charge in [0.15, 0.2) is 0 Å². The fourth-order valence-electron chi connectivity index (χ4n) is 3.87. The van der Waals surface area contributed by atoms with E-state index in [0.717, 1.165) is 29.1 Å². The van der Waals surface area contributed by atoms with Crippen LogP contribution in [0.25, 0.3) is 22.2 Å². The maximum Gasteiger partial charge on any atom is 0.135 e. The van der Waals surface area contributed by atoms with Crippen molar-refractivity contribution in [1.82, 2.24) is 19.9 Å². The van der Waals surface area contributed by atoms with Crippen LogP contribution in [0.5, 0.6) is 0 Å². The summed E-state index contributed by atoms with van der Waals surface area (Å²) < 4.78 is 33.1. The molecule has 4 aromatic rings. The van der Waals surface area contributed by atoms with Gasteiger partial charge in [-0.3, -0.25) is 9.88 Å². The second-order valence-electron chi connectivity index (χ2n) is 7.40. The van der Waals surface area contributed by atoms with Crippen LogP contribution in [-0.2, 0) is 11.3 Å². The van der Waals surface area contributed by atoms with Crippen LogP contribution in [0.4, 0.5) is 8.78 Å². The van der Waals surface area contributed by atoms with Crippen LogP contribution in [0.3, 0.4) is 0 Å². The molecule has 1 N–H and O–H groups in total. The quantitative estimate of drug-likeness (QED) is 0.543. The molecule has 0 aliphatic carbocycles. The van der Waals surface area contributed by atoms with Crippen molar-refractivity contribution in [3.8, 4) is 11.3 Å². The summed E-state index contributed by atoms with van der Waals surface area (Å²) in [4.78, 5) is 14.5. The lowest BCUT2D eigenvalue weighted by atomic mass is 10.1. The van der Waals surface area contributed by atoms with Crippen molar-refractivity contribution < 1.29 is 13.5 Å². The van der Waals surface area contributed by atoms with Gasteiger partial charge in [-0.2, -0.15) is 0 Å². The van der Waals surface area contributed by atoms with E-state index < -0.39 is 11.6 Å². The van der Waals surface area contributed by atoms with Crippen molar-refractivity contribution in [1.29, 1.82) is 0 Å². The van der Waals surface area contributed by atoms with E-state index in [-0.39, 0.29) is 11.6 Å². The highest BCUT2D eigenvalue weighted by atomic mass is 19.1. The number of morpholine rings is 1. The number of pyridine rings is 1. The zero-order chi connectivity index (χ0) is 20.5. The number of hydrogen-bond acceptors (Lipinski definition) is 4. The Balaban J connectivity index is 1.40.